The van der Waals surface area contributed by atoms with E-state index in [1.807, 2.05) is 27.7 Å². The van der Waals surface area contributed by atoms with E-state index < -0.39 is 35.8 Å². The molecule has 10 nitrogen and oxygen atoms in total. The van der Waals surface area contributed by atoms with E-state index in [2.05, 4.69) is 26.0 Å². The van der Waals surface area contributed by atoms with E-state index in [4.69, 9.17) is 14.6 Å². The minimum absolute atomic E-state index is 0.0148. The smallest absolute Gasteiger partial charge is 0.414 e. The predicted molar refractivity (Wildman–Crippen MR) is 153 cm³/mol. The molecule has 0 spiro atoms. The van der Waals surface area contributed by atoms with Crippen molar-refractivity contribution in [1.82, 2.24) is 15.0 Å². The molecule has 1 aliphatic heterocycles. The molecule has 2 aromatic heterocycles. The highest BCUT2D eigenvalue weighted by Crippen LogP contribution is 2.45. The van der Waals surface area contributed by atoms with Crippen LogP contribution in [0.25, 0.3) is 11.0 Å². The summed E-state index contributed by atoms with van der Waals surface area (Å²) in [6, 6.07) is 3.69. The van der Waals surface area contributed by atoms with E-state index in [0.29, 0.717) is 17.3 Å². The number of anilines is 1. The lowest BCUT2D eigenvalue weighted by Gasteiger charge is -2.22. The monoisotopic (exact) mass is 621 g/mol. The van der Waals surface area contributed by atoms with Gasteiger partial charge >= 0.3 is 6.18 Å². The van der Waals surface area contributed by atoms with Gasteiger partial charge in [-0.05, 0) is 13.1 Å². The molecule has 5 N–H and O–H groups in total. The average molecular weight is 622 g/mol. The van der Waals surface area contributed by atoms with E-state index in [0.717, 1.165) is 13.2 Å². The van der Waals surface area contributed by atoms with Gasteiger partial charge in [-0.2, -0.15) is 17.6 Å². The number of carbonyl (C=O) groups excluding carboxylic acids is 2. The summed E-state index contributed by atoms with van der Waals surface area (Å²) in [5.74, 6) is -4.40. The minimum atomic E-state index is -4.49. The van der Waals surface area contributed by atoms with E-state index in [-0.39, 0.29) is 48.4 Å². The Balaban J connectivity index is 0.000000705. The summed E-state index contributed by atoms with van der Waals surface area (Å²) in [6.07, 6.45) is -4.40. The van der Waals surface area contributed by atoms with Gasteiger partial charge in [0, 0.05) is 23.5 Å². The fourth-order valence-electron chi connectivity index (χ4n) is 3.96. The van der Waals surface area contributed by atoms with Gasteiger partial charge in [0.15, 0.2) is 24.0 Å². The standard InChI is InChI=1S/C13H13F5O2.C10H10N4O3.2C2H6.CH5N/c1-6-8(5-20-12(6)13(16,17)18)7-3-4-9(14)10(15)11(7)19-2;15-2-1-9(17)14-8-3-6-10(12-5-11-6)7(4-16)13-8;3*1-2/h3-4,6,8,12H,5H2,1-2H3;3-5,15H,1-2H2,(H,11,12)(H,13,14,17);2*1-2H3;2H2,1H3. The lowest BCUT2D eigenvalue weighted by atomic mass is 9.86. The zero-order valence-corrected chi connectivity index (χ0v) is 25.2. The van der Waals surface area contributed by atoms with Crippen LogP contribution in [0.5, 0.6) is 5.75 Å². The van der Waals surface area contributed by atoms with Gasteiger partial charge in [-0.25, -0.2) is 14.4 Å². The molecule has 1 aliphatic rings. The van der Waals surface area contributed by atoms with Crippen molar-refractivity contribution in [2.24, 2.45) is 11.7 Å². The van der Waals surface area contributed by atoms with Crippen LogP contribution in [0.3, 0.4) is 0 Å². The first-order valence-electron chi connectivity index (χ1n) is 13.5. The molecule has 43 heavy (non-hydrogen) atoms. The molecule has 4 rings (SSSR count). The van der Waals surface area contributed by atoms with Crippen LogP contribution in [0.15, 0.2) is 24.5 Å². The van der Waals surface area contributed by atoms with Crippen LogP contribution in [0.2, 0.25) is 0 Å². The molecule has 15 heteroatoms. The van der Waals surface area contributed by atoms with E-state index in [1.165, 1.54) is 26.4 Å². The molecule has 3 atom stereocenters. The Morgan fingerprint density at radius 2 is 1.86 bits per heavy atom. The molecular formula is C28H40F5N5O5. The van der Waals surface area contributed by atoms with E-state index in [1.54, 1.807) is 6.07 Å². The number of carbonyl (C=O) groups is 2. The number of methoxy groups -OCH3 is 1. The van der Waals surface area contributed by atoms with Crippen LogP contribution in [-0.2, 0) is 9.53 Å². The normalized spacial score (nSPS) is 17.0. The highest BCUT2D eigenvalue weighted by molar-refractivity contribution is 5.96. The number of aldehydes is 1. The number of ether oxygens (including phenoxy) is 2. The number of aliphatic hydroxyl groups is 1. The Kier molecular flexibility index (Phi) is 17.8. The number of nitrogens with one attached hydrogen (secondary N) is 2. The summed E-state index contributed by atoms with van der Waals surface area (Å²) in [4.78, 5) is 32.8. The number of aromatic amines is 1. The number of imidazole rings is 1. The number of alkyl halides is 3. The van der Waals surface area contributed by atoms with Crippen molar-refractivity contribution in [3.63, 3.8) is 0 Å². The number of hydrogen-bond donors (Lipinski definition) is 4. The van der Waals surface area contributed by atoms with Crippen molar-refractivity contribution >= 4 is 29.0 Å². The van der Waals surface area contributed by atoms with Gasteiger partial charge in [-0.3, -0.25) is 9.59 Å². The Morgan fingerprint density at radius 3 is 2.37 bits per heavy atom. The zero-order chi connectivity index (χ0) is 33.3. The quantitative estimate of drug-likeness (QED) is 0.212. The molecule has 3 unspecified atom stereocenters. The van der Waals surface area contributed by atoms with Gasteiger partial charge in [0.2, 0.25) is 11.7 Å². The Hall–Kier alpha value is -3.69. The second-order valence-electron chi connectivity index (χ2n) is 8.08. The summed E-state index contributed by atoms with van der Waals surface area (Å²) in [5, 5.41) is 11.1. The van der Waals surface area contributed by atoms with Crippen molar-refractivity contribution in [2.75, 3.05) is 32.7 Å². The minimum Gasteiger partial charge on any atom is -0.493 e. The van der Waals surface area contributed by atoms with E-state index >= 15 is 0 Å². The largest absolute Gasteiger partial charge is 0.493 e. The third kappa shape index (κ3) is 10.5. The summed E-state index contributed by atoms with van der Waals surface area (Å²) in [7, 11) is 2.64. The van der Waals surface area contributed by atoms with Crippen molar-refractivity contribution in [3.05, 3.63) is 47.4 Å². The molecule has 0 aliphatic carbocycles. The van der Waals surface area contributed by atoms with Crippen LogP contribution >= 0.6 is 0 Å². The second-order valence-corrected chi connectivity index (χ2v) is 8.08. The molecule has 3 aromatic rings. The fraction of sp³-hybridized carbons (Fsp3) is 0.500. The molecule has 1 amide bonds. The number of amides is 1. The maximum atomic E-state index is 13.6. The fourth-order valence-corrected chi connectivity index (χ4v) is 3.96. The highest BCUT2D eigenvalue weighted by Gasteiger charge is 2.51. The van der Waals surface area contributed by atoms with Gasteiger partial charge in [-0.15, -0.1) is 0 Å². The number of benzene rings is 1. The van der Waals surface area contributed by atoms with Gasteiger partial charge < -0.3 is 30.6 Å². The van der Waals surface area contributed by atoms with Crippen molar-refractivity contribution < 1.29 is 46.1 Å². The number of nitrogens with zero attached hydrogens (tertiary/aromatic N) is 2. The predicted octanol–water partition coefficient (Wildman–Crippen LogP) is 5.37. The maximum absolute atomic E-state index is 13.6. The summed E-state index contributed by atoms with van der Waals surface area (Å²) < 4.78 is 74.5. The summed E-state index contributed by atoms with van der Waals surface area (Å²) >= 11 is 0. The third-order valence-corrected chi connectivity index (χ3v) is 5.73. The van der Waals surface area contributed by atoms with Crippen LogP contribution in [0, 0.1) is 17.6 Å². The zero-order valence-electron chi connectivity index (χ0n) is 25.2. The molecule has 1 aromatic carbocycles. The number of rotatable bonds is 6. The van der Waals surface area contributed by atoms with E-state index in [9.17, 15) is 31.5 Å². The molecule has 1 fully saturated rings. The number of aromatic nitrogens is 3. The number of H-pyrrole nitrogens is 1. The topological polar surface area (TPSA) is 152 Å². The van der Waals surface area contributed by atoms with Crippen molar-refractivity contribution in [3.8, 4) is 5.75 Å². The lowest BCUT2D eigenvalue weighted by Crippen LogP contribution is -2.33. The van der Waals surface area contributed by atoms with Gasteiger partial charge in [0.25, 0.3) is 0 Å². The summed E-state index contributed by atoms with van der Waals surface area (Å²) in [6.45, 7) is 8.92. The SMILES string of the molecule is CC.CC.CN.COc1c(C2COC(C(F)(F)F)C2C)ccc(F)c1F.O=Cc1nc(NC(=O)CCO)cc2[nH]cnc12. The Labute approximate surface area is 247 Å². The van der Waals surface area contributed by atoms with Crippen LogP contribution in [0.4, 0.5) is 27.8 Å². The number of pyridine rings is 1. The lowest BCUT2D eigenvalue weighted by molar-refractivity contribution is -0.215. The number of halogens is 5. The third-order valence-electron chi connectivity index (χ3n) is 5.73. The molecule has 242 valence electrons. The number of aliphatic hydroxyl groups excluding tert-OH is 1. The highest BCUT2D eigenvalue weighted by atomic mass is 19.4. The molecular weight excluding hydrogens is 581 g/mol. The number of nitrogens with two attached hydrogens (primary N) is 1. The average Bonchev–Trinajstić information content (AvgIpc) is 3.64. The summed E-state index contributed by atoms with van der Waals surface area (Å²) in [5.41, 5.74) is 5.91. The molecule has 0 radical (unpaired) electrons. The van der Waals surface area contributed by atoms with Crippen molar-refractivity contribution in [1.29, 1.82) is 0 Å². The van der Waals surface area contributed by atoms with Gasteiger partial charge in [-0.1, -0.05) is 40.7 Å². The Morgan fingerprint density at radius 1 is 1.23 bits per heavy atom. The van der Waals surface area contributed by atoms with Crippen molar-refractivity contribution in [2.45, 2.75) is 59.2 Å². The molecule has 0 saturated carbocycles. The van der Waals surface area contributed by atoms with Crippen LogP contribution < -0.4 is 15.8 Å². The number of hydrogen-bond acceptors (Lipinski definition) is 8. The van der Waals surface area contributed by atoms with Gasteiger partial charge in [0.1, 0.15) is 17.0 Å². The second kappa shape index (κ2) is 19.5. The maximum Gasteiger partial charge on any atom is 0.414 e. The van der Waals surface area contributed by atoms with Crippen LogP contribution in [0.1, 0.15) is 63.0 Å². The first-order valence-corrected chi connectivity index (χ1v) is 13.5. The molecule has 0 bridgehead atoms. The van der Waals surface area contributed by atoms with Crippen LogP contribution in [-0.4, -0.2) is 71.9 Å². The number of fused-ring (bicyclic) bond motifs is 1. The Bertz CT molecular complexity index is 1270. The first-order chi connectivity index (χ1) is 20.5. The molecule has 1 saturated heterocycles. The van der Waals surface area contributed by atoms with Gasteiger partial charge in [0.05, 0.1) is 38.6 Å². The first kappa shape index (κ1) is 39.3. The molecule has 3 heterocycles.